The van der Waals surface area contributed by atoms with Crippen molar-refractivity contribution in [1.82, 2.24) is 15.3 Å². The lowest BCUT2D eigenvalue weighted by atomic mass is 10.1. The number of rotatable bonds is 6. The molecule has 1 amide bonds. The van der Waals surface area contributed by atoms with E-state index in [4.69, 9.17) is 21.4 Å². The number of fused-ring (bicyclic) bond motifs is 1. The second kappa shape index (κ2) is 10.4. The number of carbonyl (C=O) groups is 1. The quantitative estimate of drug-likeness (QED) is 0.284. The minimum Gasteiger partial charge on any atom is -0.489 e. The molecule has 36 heavy (non-hydrogen) atoms. The maximum Gasteiger partial charge on any atom is 0.257 e. The van der Waals surface area contributed by atoms with Gasteiger partial charge in [0.05, 0.1) is 0 Å². The molecule has 0 fully saturated rings. The molecule has 5 rings (SSSR count). The van der Waals surface area contributed by atoms with Gasteiger partial charge in [0.25, 0.3) is 5.91 Å². The second-order valence-corrected chi connectivity index (χ2v) is 8.49. The summed E-state index contributed by atoms with van der Waals surface area (Å²) in [6, 6.07) is 26.1. The highest BCUT2D eigenvalue weighted by atomic mass is 32.1. The molecule has 0 aliphatic rings. The van der Waals surface area contributed by atoms with Crippen LogP contribution < -0.4 is 15.4 Å². The Labute approximate surface area is 213 Å². The summed E-state index contributed by atoms with van der Waals surface area (Å²) >= 11 is 5.38. The van der Waals surface area contributed by atoms with Crippen molar-refractivity contribution in [2.75, 3.05) is 5.32 Å². The Morgan fingerprint density at radius 3 is 2.67 bits per heavy atom. The second-order valence-electron chi connectivity index (χ2n) is 8.08. The molecule has 0 saturated carbocycles. The fourth-order valence-corrected chi connectivity index (χ4v) is 3.83. The number of oxazole rings is 1. The van der Waals surface area contributed by atoms with Gasteiger partial charge in [0.1, 0.15) is 12.4 Å². The van der Waals surface area contributed by atoms with Gasteiger partial charge in [0.15, 0.2) is 16.3 Å². The summed E-state index contributed by atoms with van der Waals surface area (Å²) in [7, 11) is 0. The van der Waals surface area contributed by atoms with Crippen LogP contribution >= 0.6 is 12.2 Å². The van der Waals surface area contributed by atoms with E-state index in [0.717, 1.165) is 22.4 Å². The van der Waals surface area contributed by atoms with Crippen molar-refractivity contribution in [1.29, 1.82) is 0 Å². The minimum absolute atomic E-state index is 0.192. The number of aromatic nitrogens is 2. The van der Waals surface area contributed by atoms with Crippen LogP contribution in [0.4, 0.5) is 5.69 Å². The number of carbonyl (C=O) groups excluding carboxylic acids is 1. The van der Waals surface area contributed by atoms with E-state index in [1.165, 1.54) is 0 Å². The highest BCUT2D eigenvalue weighted by Crippen LogP contribution is 2.27. The van der Waals surface area contributed by atoms with Gasteiger partial charge in [0.2, 0.25) is 5.89 Å². The van der Waals surface area contributed by atoms with Crippen LogP contribution in [0.5, 0.6) is 5.75 Å². The lowest BCUT2D eigenvalue weighted by Crippen LogP contribution is -2.34. The van der Waals surface area contributed by atoms with Crippen LogP contribution in [0.25, 0.3) is 22.7 Å². The van der Waals surface area contributed by atoms with Crippen LogP contribution in [0.15, 0.2) is 95.5 Å². The molecule has 0 aliphatic heterocycles. The highest BCUT2D eigenvalue weighted by molar-refractivity contribution is 7.80. The zero-order valence-corrected chi connectivity index (χ0v) is 20.2. The van der Waals surface area contributed by atoms with Gasteiger partial charge >= 0.3 is 0 Å². The summed E-state index contributed by atoms with van der Waals surface area (Å²) in [6.45, 7) is 2.35. The van der Waals surface area contributed by atoms with Gasteiger partial charge in [-0.2, -0.15) is 4.98 Å². The topological polar surface area (TPSA) is 89.3 Å². The number of thiocarbonyl (C=S) groups is 1. The lowest BCUT2D eigenvalue weighted by molar-refractivity contribution is 0.0977. The van der Waals surface area contributed by atoms with Crippen LogP contribution in [-0.4, -0.2) is 21.0 Å². The molecule has 178 valence electrons. The number of hydrogen-bond acceptors (Lipinski definition) is 6. The first-order valence-electron chi connectivity index (χ1n) is 11.3. The first-order chi connectivity index (χ1) is 17.5. The largest absolute Gasteiger partial charge is 0.489 e. The zero-order valence-electron chi connectivity index (χ0n) is 19.4. The molecular weight excluding hydrogens is 472 g/mol. The summed E-state index contributed by atoms with van der Waals surface area (Å²) in [4.78, 5) is 21.4. The van der Waals surface area contributed by atoms with E-state index < -0.39 is 0 Å². The molecule has 0 saturated heterocycles. The lowest BCUT2D eigenvalue weighted by Gasteiger charge is -2.13. The first kappa shape index (κ1) is 23.2. The summed E-state index contributed by atoms with van der Waals surface area (Å²) < 4.78 is 11.6. The van der Waals surface area contributed by atoms with Crippen LogP contribution in [0, 0.1) is 6.92 Å². The molecule has 0 aliphatic carbocycles. The molecule has 0 spiro atoms. The van der Waals surface area contributed by atoms with Crippen molar-refractivity contribution < 1.29 is 13.9 Å². The van der Waals surface area contributed by atoms with E-state index in [2.05, 4.69) is 20.6 Å². The summed E-state index contributed by atoms with van der Waals surface area (Å²) in [5.41, 5.74) is 5.18. The molecule has 5 aromatic rings. The van der Waals surface area contributed by atoms with Gasteiger partial charge in [-0.1, -0.05) is 36.4 Å². The predicted molar refractivity (Wildman–Crippen MR) is 143 cm³/mol. The van der Waals surface area contributed by atoms with Gasteiger partial charge in [-0.15, -0.1) is 0 Å². The minimum atomic E-state index is -0.328. The van der Waals surface area contributed by atoms with Crippen LogP contribution in [0.3, 0.4) is 0 Å². The Balaban J connectivity index is 1.21. The third kappa shape index (κ3) is 5.39. The third-order valence-electron chi connectivity index (χ3n) is 5.46. The highest BCUT2D eigenvalue weighted by Gasteiger charge is 2.13. The fraction of sp³-hybridized carbons (Fsp3) is 0.0714. The Morgan fingerprint density at radius 1 is 1.00 bits per heavy atom. The molecule has 2 heterocycles. The molecule has 2 aromatic heterocycles. The van der Waals surface area contributed by atoms with Gasteiger partial charge < -0.3 is 14.5 Å². The van der Waals surface area contributed by atoms with Crippen molar-refractivity contribution in [2.24, 2.45) is 0 Å². The summed E-state index contributed by atoms with van der Waals surface area (Å²) in [5.74, 6) is 0.765. The normalized spacial score (nSPS) is 10.7. The molecular formula is C28H22N4O3S. The van der Waals surface area contributed by atoms with Gasteiger partial charge in [-0.3, -0.25) is 10.1 Å². The number of pyridine rings is 1. The molecule has 2 N–H and O–H groups in total. The van der Waals surface area contributed by atoms with Crippen LogP contribution in [0.1, 0.15) is 21.5 Å². The molecule has 0 unspecified atom stereocenters. The fourth-order valence-electron chi connectivity index (χ4n) is 3.63. The Morgan fingerprint density at radius 2 is 1.86 bits per heavy atom. The third-order valence-corrected chi connectivity index (χ3v) is 5.66. The number of nitrogens with one attached hydrogen (secondary N) is 2. The molecule has 0 radical (unpaired) electrons. The molecule has 0 atom stereocenters. The Bertz CT molecular complexity index is 1520. The van der Waals surface area contributed by atoms with Crippen molar-refractivity contribution in [3.05, 3.63) is 108 Å². The maximum atomic E-state index is 12.8. The number of hydrogen-bond donors (Lipinski definition) is 2. The average Bonchev–Trinajstić information content (AvgIpc) is 3.34. The van der Waals surface area contributed by atoms with Gasteiger partial charge in [-0.05, 0) is 78.8 Å². The number of nitrogens with zero attached hydrogens (tertiary/aromatic N) is 2. The number of benzene rings is 3. The number of ether oxygens (including phenoxy) is 1. The smallest absolute Gasteiger partial charge is 0.257 e. The Hall–Kier alpha value is -4.56. The van der Waals surface area contributed by atoms with Crippen LogP contribution in [0.2, 0.25) is 0 Å². The van der Waals surface area contributed by atoms with Crippen molar-refractivity contribution in [3.8, 4) is 17.2 Å². The maximum absolute atomic E-state index is 12.8. The van der Waals surface area contributed by atoms with E-state index in [1.807, 2.05) is 67.6 Å². The molecule has 0 bridgehead atoms. The van der Waals surface area contributed by atoms with E-state index in [1.54, 1.807) is 30.5 Å². The zero-order chi connectivity index (χ0) is 24.9. The number of aryl methyl sites for hydroxylation is 1. The molecule has 8 heteroatoms. The average molecular weight is 495 g/mol. The van der Waals surface area contributed by atoms with E-state index in [-0.39, 0.29) is 11.0 Å². The van der Waals surface area contributed by atoms with Gasteiger partial charge in [0, 0.05) is 23.0 Å². The van der Waals surface area contributed by atoms with Crippen LogP contribution in [-0.2, 0) is 6.61 Å². The molecule has 7 nitrogen and oxygen atoms in total. The SMILES string of the molecule is Cc1cc(-c2nc3ncccc3o2)ccc1NC(=S)NC(=O)c1cccc(OCc2ccccc2)c1. The standard InChI is InChI=1S/C28H22N4O3S/c1-18-15-21(27-31-25-24(35-27)11-6-14-29-25)12-13-23(18)30-28(36)32-26(33)20-9-5-10-22(16-20)34-17-19-7-3-2-4-8-19/h2-16H,17H2,1H3,(H2,30,32,33,36). The summed E-state index contributed by atoms with van der Waals surface area (Å²) in [6.07, 6.45) is 1.68. The van der Waals surface area contributed by atoms with E-state index in [0.29, 0.717) is 35.0 Å². The number of anilines is 1. The van der Waals surface area contributed by atoms with Crippen molar-refractivity contribution in [3.63, 3.8) is 0 Å². The van der Waals surface area contributed by atoms with E-state index >= 15 is 0 Å². The van der Waals surface area contributed by atoms with Gasteiger partial charge in [-0.25, -0.2) is 4.98 Å². The first-order valence-corrected chi connectivity index (χ1v) is 11.7. The predicted octanol–water partition coefficient (Wildman–Crippen LogP) is 5.90. The van der Waals surface area contributed by atoms with E-state index in [9.17, 15) is 4.79 Å². The van der Waals surface area contributed by atoms with Crippen molar-refractivity contribution in [2.45, 2.75) is 13.5 Å². The van der Waals surface area contributed by atoms with Crippen molar-refractivity contribution >= 4 is 40.2 Å². The number of amides is 1. The molecule has 3 aromatic carbocycles. The monoisotopic (exact) mass is 494 g/mol. The summed E-state index contributed by atoms with van der Waals surface area (Å²) in [5, 5.41) is 6.00. The Kier molecular flexibility index (Phi) is 6.68.